The van der Waals surface area contributed by atoms with Crippen molar-refractivity contribution in [2.45, 2.75) is 25.7 Å². The molecule has 0 spiro atoms. The molecule has 0 N–H and O–H groups in total. The van der Waals surface area contributed by atoms with E-state index in [0.29, 0.717) is 6.42 Å². The van der Waals surface area contributed by atoms with Crippen molar-refractivity contribution < 1.29 is 8.78 Å². The average Bonchev–Trinajstić information content (AvgIpc) is 1.59. The first-order chi connectivity index (χ1) is 4.48. The van der Waals surface area contributed by atoms with Gasteiger partial charge in [-0.25, -0.2) is 8.78 Å². The molecule has 0 fully saturated rings. The molecule has 1 nitrogen and oxygen atoms in total. The quantitative estimate of drug-likeness (QED) is 0.594. The number of halogens is 2. The third-order valence-corrected chi connectivity index (χ3v) is 1.16. The first kappa shape index (κ1) is 9.82. The Morgan fingerprint density at radius 3 is 2.10 bits per heavy atom. The van der Waals surface area contributed by atoms with Crippen LogP contribution in [0.5, 0.6) is 0 Å². The van der Waals surface area contributed by atoms with Gasteiger partial charge >= 0.3 is 0 Å². The summed E-state index contributed by atoms with van der Waals surface area (Å²) < 4.78 is 25.3. The van der Waals surface area contributed by atoms with Crippen LogP contribution >= 0.6 is 0 Å². The van der Waals surface area contributed by atoms with Gasteiger partial charge in [0.25, 0.3) is 5.92 Å². The highest BCUT2D eigenvalue weighted by Crippen LogP contribution is 2.20. The maximum Gasteiger partial charge on any atom is 0.260 e. The topological polar surface area (TPSA) is 3.24 Å². The molecular weight excluding hydrogens is 136 g/mol. The van der Waals surface area contributed by atoms with Gasteiger partial charge < -0.3 is 4.90 Å². The molecule has 0 rings (SSSR count). The summed E-state index contributed by atoms with van der Waals surface area (Å²) in [6.07, 6.45) is 0.534. The molecule has 0 radical (unpaired) electrons. The second kappa shape index (κ2) is 3.86. The molecule has 0 atom stereocenters. The third kappa shape index (κ3) is 4.68. The van der Waals surface area contributed by atoms with E-state index in [1.54, 1.807) is 21.0 Å². The fourth-order valence-corrected chi connectivity index (χ4v) is 0.907. The molecule has 3 heteroatoms. The van der Waals surface area contributed by atoms with Crippen molar-refractivity contribution in [1.82, 2.24) is 4.90 Å². The molecule has 0 amide bonds. The van der Waals surface area contributed by atoms with Crippen LogP contribution in [0.15, 0.2) is 0 Å². The van der Waals surface area contributed by atoms with E-state index < -0.39 is 5.92 Å². The van der Waals surface area contributed by atoms with Gasteiger partial charge in [-0.1, -0.05) is 13.3 Å². The van der Waals surface area contributed by atoms with Gasteiger partial charge in [-0.2, -0.15) is 0 Å². The summed E-state index contributed by atoms with van der Waals surface area (Å²) in [5, 5.41) is 0. The van der Waals surface area contributed by atoms with E-state index in [2.05, 4.69) is 0 Å². The van der Waals surface area contributed by atoms with Crippen LogP contribution in [0.2, 0.25) is 0 Å². The van der Waals surface area contributed by atoms with Crippen molar-refractivity contribution in [1.29, 1.82) is 0 Å². The lowest BCUT2D eigenvalue weighted by molar-refractivity contribution is -0.0293. The summed E-state index contributed by atoms with van der Waals surface area (Å²) in [5.74, 6) is -2.50. The first-order valence-corrected chi connectivity index (χ1v) is 3.50. The SMILES string of the molecule is CCCC(F)(F)CN(C)C. The molecule has 0 aromatic heterocycles. The van der Waals surface area contributed by atoms with Gasteiger partial charge in [-0.15, -0.1) is 0 Å². The molecule has 0 aromatic rings. The molecular formula is C7H15F2N. The van der Waals surface area contributed by atoms with Crippen molar-refractivity contribution in [3.63, 3.8) is 0 Å². The summed E-state index contributed by atoms with van der Waals surface area (Å²) in [4.78, 5) is 1.51. The number of nitrogens with zero attached hydrogens (tertiary/aromatic N) is 1. The van der Waals surface area contributed by atoms with Crippen molar-refractivity contribution in [3.8, 4) is 0 Å². The summed E-state index contributed by atoms with van der Waals surface area (Å²) in [7, 11) is 3.31. The van der Waals surface area contributed by atoms with E-state index in [0.717, 1.165) is 0 Å². The average molecular weight is 151 g/mol. The van der Waals surface area contributed by atoms with E-state index >= 15 is 0 Å². The normalized spacial score (nSPS) is 12.6. The Kier molecular flexibility index (Phi) is 3.79. The number of alkyl halides is 2. The maximum absolute atomic E-state index is 12.6. The summed E-state index contributed by atoms with van der Waals surface area (Å²) in [5.41, 5.74) is 0. The predicted molar refractivity (Wildman–Crippen MR) is 38.4 cm³/mol. The molecule has 62 valence electrons. The Bertz CT molecular complexity index is 91.6. The van der Waals surface area contributed by atoms with Crippen molar-refractivity contribution in [2.24, 2.45) is 0 Å². The van der Waals surface area contributed by atoms with Gasteiger partial charge in [0.15, 0.2) is 0 Å². The van der Waals surface area contributed by atoms with Gasteiger partial charge in [0.05, 0.1) is 6.54 Å². The maximum atomic E-state index is 12.6. The van der Waals surface area contributed by atoms with Crippen molar-refractivity contribution in [2.75, 3.05) is 20.6 Å². The Balaban J connectivity index is 3.63. The molecule has 10 heavy (non-hydrogen) atoms. The molecule has 0 saturated carbocycles. The van der Waals surface area contributed by atoms with E-state index in [1.165, 1.54) is 4.90 Å². The Morgan fingerprint density at radius 1 is 1.30 bits per heavy atom. The minimum atomic E-state index is -2.50. The fourth-order valence-electron chi connectivity index (χ4n) is 0.907. The van der Waals surface area contributed by atoms with Crippen molar-refractivity contribution >= 4 is 0 Å². The third-order valence-electron chi connectivity index (χ3n) is 1.16. The predicted octanol–water partition coefficient (Wildman–Crippen LogP) is 1.98. The van der Waals surface area contributed by atoms with E-state index in [4.69, 9.17) is 0 Å². The van der Waals surface area contributed by atoms with Gasteiger partial charge in [-0.3, -0.25) is 0 Å². The Morgan fingerprint density at radius 2 is 1.80 bits per heavy atom. The smallest absolute Gasteiger partial charge is 0.260 e. The lowest BCUT2D eigenvalue weighted by Crippen LogP contribution is -2.31. The van der Waals surface area contributed by atoms with Crippen LogP contribution in [-0.2, 0) is 0 Å². The zero-order valence-electron chi connectivity index (χ0n) is 6.82. The standard InChI is InChI=1S/C7H15F2N/c1-4-5-7(8,9)6-10(2)3/h4-6H2,1-3H3. The lowest BCUT2D eigenvalue weighted by Gasteiger charge is -2.19. The monoisotopic (exact) mass is 151 g/mol. The minimum absolute atomic E-state index is 0.00875. The minimum Gasteiger partial charge on any atom is -0.304 e. The number of hydrogen-bond acceptors (Lipinski definition) is 1. The molecule has 0 bridgehead atoms. The Labute approximate surface area is 61.0 Å². The van der Waals surface area contributed by atoms with Gasteiger partial charge in [0.1, 0.15) is 0 Å². The van der Waals surface area contributed by atoms with Crippen LogP contribution in [0, 0.1) is 0 Å². The van der Waals surface area contributed by atoms with Crippen LogP contribution < -0.4 is 0 Å². The molecule has 0 aromatic carbocycles. The van der Waals surface area contributed by atoms with E-state index in [-0.39, 0.29) is 13.0 Å². The highest BCUT2D eigenvalue weighted by molar-refractivity contribution is 4.67. The van der Waals surface area contributed by atoms with Crippen LogP contribution in [-0.4, -0.2) is 31.5 Å². The van der Waals surface area contributed by atoms with E-state index in [9.17, 15) is 8.78 Å². The highest BCUT2D eigenvalue weighted by atomic mass is 19.3. The Hall–Kier alpha value is -0.180. The molecule has 0 unspecified atom stereocenters. The number of rotatable bonds is 4. The van der Waals surface area contributed by atoms with Gasteiger partial charge in [0, 0.05) is 6.42 Å². The molecule has 0 aliphatic carbocycles. The summed E-state index contributed by atoms with van der Waals surface area (Å²) in [6.45, 7) is 1.63. The van der Waals surface area contributed by atoms with E-state index in [1.807, 2.05) is 0 Å². The van der Waals surface area contributed by atoms with Crippen LogP contribution in [0.25, 0.3) is 0 Å². The molecule has 0 aliphatic heterocycles. The van der Waals surface area contributed by atoms with Crippen LogP contribution in [0.4, 0.5) is 8.78 Å². The van der Waals surface area contributed by atoms with Crippen LogP contribution in [0.3, 0.4) is 0 Å². The van der Waals surface area contributed by atoms with Crippen LogP contribution in [0.1, 0.15) is 19.8 Å². The molecule has 0 heterocycles. The summed E-state index contributed by atoms with van der Waals surface area (Å²) >= 11 is 0. The summed E-state index contributed by atoms with van der Waals surface area (Å²) in [6, 6.07) is 0. The second-order valence-corrected chi connectivity index (χ2v) is 2.84. The number of hydrogen-bond donors (Lipinski definition) is 0. The van der Waals surface area contributed by atoms with Gasteiger partial charge in [-0.05, 0) is 14.1 Å². The lowest BCUT2D eigenvalue weighted by atomic mass is 10.2. The zero-order valence-corrected chi connectivity index (χ0v) is 6.82. The largest absolute Gasteiger partial charge is 0.304 e. The second-order valence-electron chi connectivity index (χ2n) is 2.84. The van der Waals surface area contributed by atoms with Gasteiger partial charge in [0.2, 0.25) is 0 Å². The fraction of sp³-hybridized carbons (Fsp3) is 1.00. The zero-order chi connectivity index (χ0) is 8.20. The molecule has 0 saturated heterocycles. The highest BCUT2D eigenvalue weighted by Gasteiger charge is 2.27. The van der Waals surface area contributed by atoms with Crippen molar-refractivity contribution in [3.05, 3.63) is 0 Å². The molecule has 0 aliphatic rings. The first-order valence-electron chi connectivity index (χ1n) is 3.50.